The average Bonchev–Trinajstić information content (AvgIpc) is 3.27. The largest absolute Gasteiger partial charge is 0.352 e. The zero-order chi connectivity index (χ0) is 18.0. The molecule has 2 heterocycles. The number of likely N-dealkylation sites (tertiary alicyclic amines) is 1. The van der Waals surface area contributed by atoms with Gasteiger partial charge in [-0.15, -0.1) is 0 Å². The van der Waals surface area contributed by atoms with Crippen LogP contribution in [0.4, 0.5) is 0 Å². The lowest BCUT2D eigenvalue weighted by Crippen LogP contribution is -2.45. The van der Waals surface area contributed by atoms with Crippen molar-refractivity contribution >= 4 is 11.8 Å². The maximum absolute atomic E-state index is 12.9. The molecule has 1 spiro atoms. The molecule has 1 saturated heterocycles. The number of nitrogens with zero attached hydrogens (tertiary/aromatic N) is 2. The van der Waals surface area contributed by atoms with Crippen LogP contribution in [0.25, 0.3) is 0 Å². The molecule has 5 nitrogen and oxygen atoms in total. The topological polar surface area (TPSA) is 62.3 Å². The van der Waals surface area contributed by atoms with Crippen LogP contribution in [-0.2, 0) is 16.1 Å². The van der Waals surface area contributed by atoms with Crippen molar-refractivity contribution in [2.45, 2.75) is 57.9 Å². The minimum absolute atomic E-state index is 0.0354. The summed E-state index contributed by atoms with van der Waals surface area (Å²) < 4.78 is 0. The minimum Gasteiger partial charge on any atom is -0.352 e. The number of amides is 2. The van der Waals surface area contributed by atoms with Gasteiger partial charge >= 0.3 is 0 Å². The number of pyridine rings is 1. The lowest BCUT2D eigenvalue weighted by molar-refractivity contribution is -0.131. The number of carbonyl (C=O) groups is 2. The molecular weight excluding hydrogens is 326 g/mol. The molecule has 1 aromatic rings. The summed E-state index contributed by atoms with van der Waals surface area (Å²) in [5, 5.41) is 3.09. The molecule has 2 saturated carbocycles. The molecule has 3 aliphatic rings. The van der Waals surface area contributed by atoms with Gasteiger partial charge in [-0.25, -0.2) is 0 Å². The van der Waals surface area contributed by atoms with Crippen LogP contribution in [0.2, 0.25) is 0 Å². The molecule has 5 heteroatoms. The van der Waals surface area contributed by atoms with E-state index in [1.54, 1.807) is 12.4 Å². The molecule has 0 radical (unpaired) electrons. The SMILES string of the molecule is O=C(NCc1ccncc1)C1CN(C(=O)CC2CCCC2)CC12CCC2. The first-order valence-corrected chi connectivity index (χ1v) is 10.1. The lowest BCUT2D eigenvalue weighted by Gasteiger charge is -2.41. The molecule has 2 amide bonds. The van der Waals surface area contributed by atoms with Crippen LogP contribution in [0.15, 0.2) is 24.5 Å². The van der Waals surface area contributed by atoms with Crippen molar-refractivity contribution in [1.82, 2.24) is 15.2 Å². The highest BCUT2D eigenvalue weighted by Crippen LogP contribution is 2.52. The van der Waals surface area contributed by atoms with Crippen LogP contribution in [-0.4, -0.2) is 34.8 Å². The molecule has 0 aromatic carbocycles. The second kappa shape index (κ2) is 7.37. The Kier molecular flexibility index (Phi) is 4.96. The number of rotatable bonds is 5. The zero-order valence-electron chi connectivity index (χ0n) is 15.5. The first-order valence-electron chi connectivity index (χ1n) is 10.1. The number of hydrogen-bond acceptors (Lipinski definition) is 3. The van der Waals surface area contributed by atoms with Crippen LogP contribution in [0.3, 0.4) is 0 Å². The van der Waals surface area contributed by atoms with E-state index in [-0.39, 0.29) is 23.1 Å². The first-order chi connectivity index (χ1) is 12.7. The van der Waals surface area contributed by atoms with Crippen molar-refractivity contribution in [3.8, 4) is 0 Å². The summed E-state index contributed by atoms with van der Waals surface area (Å²) in [6, 6.07) is 3.84. The van der Waals surface area contributed by atoms with Gasteiger partial charge in [-0.05, 0) is 49.3 Å². The molecule has 4 rings (SSSR count). The van der Waals surface area contributed by atoms with E-state index in [0.717, 1.165) is 24.9 Å². The van der Waals surface area contributed by atoms with Crippen molar-refractivity contribution in [2.24, 2.45) is 17.3 Å². The summed E-state index contributed by atoms with van der Waals surface area (Å²) >= 11 is 0. The number of hydrogen-bond donors (Lipinski definition) is 1. The van der Waals surface area contributed by atoms with E-state index < -0.39 is 0 Å². The van der Waals surface area contributed by atoms with E-state index in [1.807, 2.05) is 17.0 Å². The fourth-order valence-electron chi connectivity index (χ4n) is 5.06. The Labute approximate surface area is 155 Å². The fourth-order valence-corrected chi connectivity index (χ4v) is 5.06. The third kappa shape index (κ3) is 3.49. The molecule has 1 atom stereocenters. The van der Waals surface area contributed by atoms with Crippen LogP contribution < -0.4 is 5.32 Å². The Morgan fingerprint density at radius 1 is 1.15 bits per heavy atom. The Hall–Kier alpha value is -1.91. The smallest absolute Gasteiger partial charge is 0.225 e. The monoisotopic (exact) mass is 355 g/mol. The maximum Gasteiger partial charge on any atom is 0.225 e. The van der Waals surface area contributed by atoms with Crippen LogP contribution >= 0.6 is 0 Å². The van der Waals surface area contributed by atoms with Gasteiger partial charge in [0, 0.05) is 43.9 Å². The van der Waals surface area contributed by atoms with E-state index in [0.29, 0.717) is 25.4 Å². The third-order valence-corrected chi connectivity index (χ3v) is 6.82. The summed E-state index contributed by atoms with van der Waals surface area (Å²) in [6.45, 7) is 1.92. The van der Waals surface area contributed by atoms with Crippen molar-refractivity contribution < 1.29 is 9.59 Å². The highest BCUT2D eigenvalue weighted by Gasteiger charge is 2.54. The normalized spacial score (nSPS) is 24.6. The van der Waals surface area contributed by atoms with E-state index >= 15 is 0 Å². The van der Waals surface area contributed by atoms with E-state index in [2.05, 4.69) is 10.3 Å². The molecule has 2 aliphatic carbocycles. The van der Waals surface area contributed by atoms with Crippen molar-refractivity contribution in [3.63, 3.8) is 0 Å². The van der Waals surface area contributed by atoms with Gasteiger partial charge in [0.05, 0.1) is 5.92 Å². The highest BCUT2D eigenvalue weighted by atomic mass is 16.2. The molecule has 0 bridgehead atoms. The molecule has 1 aliphatic heterocycles. The molecule has 140 valence electrons. The van der Waals surface area contributed by atoms with Crippen molar-refractivity contribution in [2.75, 3.05) is 13.1 Å². The van der Waals surface area contributed by atoms with Gasteiger partial charge < -0.3 is 10.2 Å². The molecule has 1 N–H and O–H groups in total. The van der Waals surface area contributed by atoms with E-state index in [9.17, 15) is 9.59 Å². The van der Waals surface area contributed by atoms with Crippen LogP contribution in [0, 0.1) is 17.3 Å². The summed E-state index contributed by atoms with van der Waals surface area (Å²) in [5.74, 6) is 0.898. The number of nitrogens with one attached hydrogen (secondary N) is 1. The average molecular weight is 355 g/mol. The van der Waals surface area contributed by atoms with E-state index in [1.165, 1.54) is 32.1 Å². The summed E-state index contributed by atoms with van der Waals surface area (Å²) in [5.41, 5.74) is 1.09. The van der Waals surface area contributed by atoms with Gasteiger partial charge in [0.1, 0.15) is 0 Å². The second-order valence-electron chi connectivity index (χ2n) is 8.47. The van der Waals surface area contributed by atoms with Gasteiger partial charge in [0.15, 0.2) is 0 Å². The van der Waals surface area contributed by atoms with Gasteiger partial charge in [-0.3, -0.25) is 14.6 Å². The van der Waals surface area contributed by atoms with Gasteiger partial charge in [0.25, 0.3) is 0 Å². The van der Waals surface area contributed by atoms with Crippen LogP contribution in [0.5, 0.6) is 0 Å². The van der Waals surface area contributed by atoms with Crippen LogP contribution in [0.1, 0.15) is 56.9 Å². The highest BCUT2D eigenvalue weighted by molar-refractivity contribution is 5.83. The Bertz CT molecular complexity index is 650. The summed E-state index contributed by atoms with van der Waals surface area (Å²) in [6.07, 6.45) is 12.4. The fraction of sp³-hybridized carbons (Fsp3) is 0.667. The quantitative estimate of drug-likeness (QED) is 0.883. The standard InChI is InChI=1S/C21H29N3O2/c25-19(12-16-4-1-2-5-16)24-14-18(21(15-24)8-3-9-21)20(26)23-13-17-6-10-22-11-7-17/h6-7,10-11,16,18H,1-5,8-9,12-15H2,(H,23,26). The van der Waals surface area contributed by atoms with Gasteiger partial charge in [0.2, 0.25) is 11.8 Å². The van der Waals surface area contributed by atoms with Gasteiger partial charge in [-0.2, -0.15) is 0 Å². The molecule has 26 heavy (non-hydrogen) atoms. The Morgan fingerprint density at radius 2 is 1.88 bits per heavy atom. The Balaban J connectivity index is 1.37. The minimum atomic E-state index is -0.0504. The molecule has 3 fully saturated rings. The van der Waals surface area contributed by atoms with E-state index in [4.69, 9.17) is 0 Å². The maximum atomic E-state index is 12.9. The van der Waals surface area contributed by atoms with Crippen molar-refractivity contribution in [1.29, 1.82) is 0 Å². The second-order valence-corrected chi connectivity index (χ2v) is 8.47. The lowest BCUT2D eigenvalue weighted by atomic mass is 9.62. The predicted molar refractivity (Wildman–Crippen MR) is 99.0 cm³/mol. The molecular formula is C21H29N3O2. The number of carbonyl (C=O) groups excluding carboxylic acids is 2. The molecule has 1 aromatic heterocycles. The molecule has 1 unspecified atom stereocenters. The summed E-state index contributed by atoms with van der Waals surface area (Å²) in [4.78, 5) is 31.6. The number of aromatic nitrogens is 1. The van der Waals surface area contributed by atoms with Gasteiger partial charge in [-0.1, -0.05) is 19.3 Å². The Morgan fingerprint density at radius 3 is 2.54 bits per heavy atom. The summed E-state index contributed by atoms with van der Waals surface area (Å²) in [7, 11) is 0. The van der Waals surface area contributed by atoms with Crippen molar-refractivity contribution in [3.05, 3.63) is 30.1 Å². The predicted octanol–water partition coefficient (Wildman–Crippen LogP) is 2.91. The zero-order valence-corrected chi connectivity index (χ0v) is 15.5. The first kappa shape index (κ1) is 17.5. The third-order valence-electron chi connectivity index (χ3n) is 6.82.